The van der Waals surface area contributed by atoms with Gasteiger partial charge in [0.25, 0.3) is 5.91 Å². The number of halogens is 3. The minimum atomic E-state index is -4.31. The van der Waals surface area contributed by atoms with Crippen LogP contribution in [0.4, 0.5) is 24.5 Å². The largest absolute Gasteiger partial charge is 0.479 e. The Kier molecular flexibility index (Phi) is 5.12. The maximum Gasteiger partial charge on any atom is 0.416 e. The van der Waals surface area contributed by atoms with Gasteiger partial charge >= 0.3 is 6.18 Å². The summed E-state index contributed by atoms with van der Waals surface area (Å²) in [4.78, 5) is 16.2. The van der Waals surface area contributed by atoms with E-state index in [1.54, 1.807) is 6.92 Å². The van der Waals surface area contributed by atoms with E-state index in [1.807, 2.05) is 18.2 Å². The van der Waals surface area contributed by atoms with Crippen molar-refractivity contribution in [1.82, 2.24) is 4.90 Å². The highest BCUT2D eigenvalue weighted by Gasteiger charge is 2.30. The zero-order chi connectivity index (χ0) is 20.6. The molecule has 1 N–H and O–H groups in total. The van der Waals surface area contributed by atoms with E-state index in [1.165, 1.54) is 12.1 Å². The molecule has 1 atom stereocenters. The molecule has 0 spiro atoms. The van der Waals surface area contributed by atoms with Gasteiger partial charge < -0.3 is 15.0 Å². The average molecular weight is 405 g/mol. The second-order valence-electron chi connectivity index (χ2n) is 7.39. The number of anilines is 2. The van der Waals surface area contributed by atoms with Crippen molar-refractivity contribution in [3.63, 3.8) is 0 Å². The quantitative estimate of drug-likeness (QED) is 0.845. The maximum absolute atomic E-state index is 12.7. The smallest absolute Gasteiger partial charge is 0.416 e. The molecule has 1 saturated heterocycles. The van der Waals surface area contributed by atoms with Crippen molar-refractivity contribution in [3.05, 3.63) is 53.6 Å². The van der Waals surface area contributed by atoms with E-state index in [9.17, 15) is 18.0 Å². The van der Waals surface area contributed by atoms with Gasteiger partial charge in [-0.05, 0) is 48.9 Å². The number of fused-ring (bicyclic) bond motifs is 1. The van der Waals surface area contributed by atoms with Gasteiger partial charge in [0.2, 0.25) is 0 Å². The molecule has 0 saturated carbocycles. The molecule has 29 heavy (non-hydrogen) atoms. The molecule has 0 aromatic heterocycles. The molecule has 1 fully saturated rings. The Morgan fingerprint density at radius 2 is 1.76 bits per heavy atom. The van der Waals surface area contributed by atoms with E-state index >= 15 is 0 Å². The average Bonchev–Trinajstić information content (AvgIpc) is 2.69. The number of ether oxygens (including phenoxy) is 1. The summed E-state index contributed by atoms with van der Waals surface area (Å²) < 4.78 is 43.7. The fourth-order valence-electron chi connectivity index (χ4n) is 3.64. The summed E-state index contributed by atoms with van der Waals surface area (Å²) >= 11 is 0. The van der Waals surface area contributed by atoms with Crippen LogP contribution in [0.1, 0.15) is 18.1 Å². The van der Waals surface area contributed by atoms with Gasteiger partial charge in [-0.1, -0.05) is 6.07 Å². The number of nitrogens with one attached hydrogen (secondary N) is 1. The molecule has 0 bridgehead atoms. The number of alkyl halides is 3. The predicted octanol–water partition coefficient (Wildman–Crippen LogP) is 3.75. The van der Waals surface area contributed by atoms with E-state index in [0.717, 1.165) is 56.1 Å². The molecular weight excluding hydrogens is 383 g/mol. The van der Waals surface area contributed by atoms with E-state index in [2.05, 4.69) is 15.1 Å². The Morgan fingerprint density at radius 3 is 2.41 bits per heavy atom. The second-order valence-corrected chi connectivity index (χ2v) is 7.39. The summed E-state index contributed by atoms with van der Waals surface area (Å²) in [6.45, 7) is 5.54. The third-order valence-corrected chi connectivity index (χ3v) is 5.31. The second kappa shape index (κ2) is 7.59. The highest BCUT2D eigenvalue weighted by molar-refractivity contribution is 5.97. The first-order valence-corrected chi connectivity index (χ1v) is 9.54. The fourth-order valence-corrected chi connectivity index (χ4v) is 3.64. The molecule has 8 heteroatoms. The van der Waals surface area contributed by atoms with Crippen molar-refractivity contribution in [2.24, 2.45) is 0 Å². The summed E-state index contributed by atoms with van der Waals surface area (Å²) in [5, 5.41) is 2.86. The van der Waals surface area contributed by atoms with Gasteiger partial charge in [-0.3, -0.25) is 9.69 Å². The minimum Gasteiger partial charge on any atom is -0.479 e. The third kappa shape index (κ3) is 4.32. The third-order valence-electron chi connectivity index (χ3n) is 5.31. The number of rotatable bonds is 3. The number of hydrogen-bond acceptors (Lipinski definition) is 4. The number of carbonyl (C=O) groups is 1. The molecule has 1 unspecified atom stereocenters. The zero-order valence-corrected chi connectivity index (χ0v) is 16.0. The van der Waals surface area contributed by atoms with Crippen LogP contribution >= 0.6 is 0 Å². The van der Waals surface area contributed by atoms with Crippen LogP contribution in [0.25, 0.3) is 0 Å². The lowest BCUT2D eigenvalue weighted by molar-refractivity contribution is -0.137. The van der Waals surface area contributed by atoms with Gasteiger partial charge in [0.15, 0.2) is 6.10 Å². The lowest BCUT2D eigenvalue weighted by Gasteiger charge is -2.36. The molecule has 0 aliphatic carbocycles. The van der Waals surface area contributed by atoms with Crippen molar-refractivity contribution >= 4 is 17.3 Å². The van der Waals surface area contributed by atoms with Crippen LogP contribution in [0.5, 0.6) is 5.75 Å². The highest BCUT2D eigenvalue weighted by Crippen LogP contribution is 2.32. The van der Waals surface area contributed by atoms with Crippen LogP contribution in [-0.2, 0) is 17.5 Å². The molecule has 2 heterocycles. The lowest BCUT2D eigenvalue weighted by Crippen LogP contribution is -2.46. The number of piperazine rings is 1. The molecule has 2 aliphatic heterocycles. The summed E-state index contributed by atoms with van der Waals surface area (Å²) in [5.41, 5.74) is 1.94. The molecule has 2 aromatic carbocycles. The molecule has 2 aromatic rings. The topological polar surface area (TPSA) is 44.8 Å². The molecule has 1 amide bonds. The Hall–Kier alpha value is -2.74. The van der Waals surface area contributed by atoms with Gasteiger partial charge in [0.1, 0.15) is 5.75 Å². The standard InChI is InChI=1S/C21H22F3N3O2/c1-14-20(28)25-18-12-15(2-7-19(18)29-14)13-26-8-10-27(11-9-26)17-5-3-16(4-6-17)21(22,23)24/h2-7,12,14H,8-11,13H2,1H3,(H,25,28). The van der Waals surface area contributed by atoms with Crippen LogP contribution < -0.4 is 15.0 Å². The molecule has 2 aliphatic rings. The van der Waals surface area contributed by atoms with Gasteiger partial charge in [0, 0.05) is 38.4 Å². The summed E-state index contributed by atoms with van der Waals surface area (Å²) in [6, 6.07) is 11.1. The Morgan fingerprint density at radius 1 is 1.07 bits per heavy atom. The van der Waals surface area contributed by atoms with Gasteiger partial charge in [-0.25, -0.2) is 0 Å². The van der Waals surface area contributed by atoms with Crippen LogP contribution in [0.15, 0.2) is 42.5 Å². The lowest BCUT2D eigenvalue weighted by atomic mass is 10.1. The van der Waals surface area contributed by atoms with E-state index in [0.29, 0.717) is 11.4 Å². The number of benzene rings is 2. The minimum absolute atomic E-state index is 0.153. The first-order chi connectivity index (χ1) is 13.8. The zero-order valence-electron chi connectivity index (χ0n) is 16.0. The Labute approximate surface area is 167 Å². The van der Waals surface area contributed by atoms with Crippen LogP contribution in [0, 0.1) is 0 Å². The number of nitrogens with zero attached hydrogens (tertiary/aromatic N) is 2. The van der Waals surface area contributed by atoms with Crippen LogP contribution in [0.2, 0.25) is 0 Å². The van der Waals surface area contributed by atoms with Gasteiger partial charge in [-0.2, -0.15) is 13.2 Å². The predicted molar refractivity (Wildman–Crippen MR) is 104 cm³/mol. The Bertz CT molecular complexity index is 891. The summed E-state index contributed by atoms with van der Waals surface area (Å²) in [7, 11) is 0. The molecule has 0 radical (unpaired) electrons. The Balaban J connectivity index is 1.35. The van der Waals surface area contributed by atoms with Crippen molar-refractivity contribution < 1.29 is 22.7 Å². The summed E-state index contributed by atoms with van der Waals surface area (Å²) in [5.74, 6) is 0.521. The first kappa shape index (κ1) is 19.6. The van der Waals surface area contributed by atoms with E-state index in [4.69, 9.17) is 4.74 Å². The van der Waals surface area contributed by atoms with Crippen molar-refractivity contribution in [3.8, 4) is 5.75 Å². The van der Waals surface area contributed by atoms with Crippen molar-refractivity contribution in [1.29, 1.82) is 0 Å². The molecule has 5 nitrogen and oxygen atoms in total. The number of carbonyl (C=O) groups excluding carboxylic acids is 1. The fraction of sp³-hybridized carbons (Fsp3) is 0.381. The van der Waals surface area contributed by atoms with Gasteiger partial charge in [0.05, 0.1) is 11.3 Å². The highest BCUT2D eigenvalue weighted by atomic mass is 19.4. The SMILES string of the molecule is CC1Oc2ccc(CN3CCN(c4ccc(C(F)(F)F)cc4)CC3)cc2NC1=O. The van der Waals surface area contributed by atoms with Crippen LogP contribution in [-0.4, -0.2) is 43.1 Å². The maximum atomic E-state index is 12.7. The first-order valence-electron chi connectivity index (χ1n) is 9.54. The molecule has 4 rings (SSSR count). The summed E-state index contributed by atoms with van der Waals surface area (Å²) in [6.07, 6.45) is -4.80. The van der Waals surface area contributed by atoms with E-state index in [-0.39, 0.29) is 5.91 Å². The van der Waals surface area contributed by atoms with E-state index < -0.39 is 17.8 Å². The van der Waals surface area contributed by atoms with Crippen molar-refractivity contribution in [2.45, 2.75) is 25.7 Å². The van der Waals surface area contributed by atoms with Crippen LogP contribution in [0.3, 0.4) is 0 Å². The van der Waals surface area contributed by atoms with Crippen molar-refractivity contribution in [2.75, 3.05) is 36.4 Å². The monoisotopic (exact) mass is 405 g/mol. The molecule has 154 valence electrons. The molecular formula is C21H22F3N3O2. The number of hydrogen-bond donors (Lipinski definition) is 1. The normalized spacial score (nSPS) is 20.1. The number of amides is 1. The van der Waals surface area contributed by atoms with Gasteiger partial charge in [-0.15, -0.1) is 0 Å².